The molecule has 2 heteroatoms. The van der Waals surface area contributed by atoms with Crippen LogP contribution in [0.15, 0.2) is 182 Å². The fourth-order valence-electron chi connectivity index (χ4n) is 10.9. The van der Waals surface area contributed by atoms with Crippen LogP contribution in [0.5, 0.6) is 0 Å². The van der Waals surface area contributed by atoms with E-state index in [0.29, 0.717) is 0 Å². The second-order valence-electron chi connectivity index (χ2n) is 18.0. The first-order valence-corrected chi connectivity index (χ1v) is 22.5. The van der Waals surface area contributed by atoms with Gasteiger partial charge in [0.2, 0.25) is 0 Å². The van der Waals surface area contributed by atoms with Gasteiger partial charge in [-0.05, 0) is 191 Å². The topological polar surface area (TPSA) is 9.86 Å². The predicted molar refractivity (Wildman–Crippen MR) is 275 cm³/mol. The van der Waals surface area contributed by atoms with Gasteiger partial charge in [-0.1, -0.05) is 121 Å². The first-order valence-electron chi connectivity index (χ1n) is 22.5. The summed E-state index contributed by atoms with van der Waals surface area (Å²) in [6.45, 7) is 13.5. The van der Waals surface area contributed by atoms with Crippen LogP contribution in [0, 0.1) is 41.5 Å². The largest absolute Gasteiger partial charge is 0.309 e. The lowest BCUT2D eigenvalue weighted by molar-refractivity contribution is 1.16. The van der Waals surface area contributed by atoms with Crippen LogP contribution in [0.25, 0.3) is 110 Å². The molecule has 0 aliphatic rings. The monoisotopic (exact) mass is 820 g/mol. The fourth-order valence-corrected chi connectivity index (χ4v) is 10.9. The average Bonchev–Trinajstić information content (AvgIpc) is 3.81. The van der Waals surface area contributed by atoms with E-state index in [1.54, 1.807) is 0 Å². The zero-order valence-corrected chi connectivity index (χ0v) is 37.2. The van der Waals surface area contributed by atoms with E-state index in [1.807, 2.05) is 0 Å². The van der Waals surface area contributed by atoms with Crippen molar-refractivity contribution < 1.29 is 0 Å². The van der Waals surface area contributed by atoms with Crippen LogP contribution >= 0.6 is 0 Å². The number of rotatable bonds is 5. The normalized spacial score (nSPS) is 11.9. The summed E-state index contributed by atoms with van der Waals surface area (Å²) >= 11 is 0. The van der Waals surface area contributed by atoms with E-state index in [0.717, 1.165) is 0 Å². The van der Waals surface area contributed by atoms with Crippen molar-refractivity contribution in [3.05, 3.63) is 215 Å². The highest BCUT2D eigenvalue weighted by Crippen LogP contribution is 2.42. The summed E-state index contributed by atoms with van der Waals surface area (Å²) in [5.41, 5.74) is 22.7. The molecule has 0 aliphatic carbocycles. The Morgan fingerprint density at radius 3 is 1.05 bits per heavy atom. The fraction of sp³-hybridized carbons (Fsp3) is 0.0968. The molecule has 0 saturated heterocycles. The van der Waals surface area contributed by atoms with Crippen LogP contribution in [-0.2, 0) is 0 Å². The third-order valence-electron chi connectivity index (χ3n) is 14.3. The molecule has 0 aliphatic heterocycles. The quantitative estimate of drug-likeness (QED) is 0.164. The SMILES string of the molecule is Cc1cc(-n2c3ccccc3c3cc4ccc(-c5ccccc5C)c(C)c4cc32)ccc1-c1ccc(-n2c3ccccc3c3cc4ccc(-c5ccccc5C)c(C)c4cc32)cc1C. The highest BCUT2D eigenvalue weighted by molar-refractivity contribution is 6.16. The summed E-state index contributed by atoms with van der Waals surface area (Å²) in [5.74, 6) is 0. The Bertz CT molecular complexity index is 3650. The lowest BCUT2D eigenvalue weighted by atomic mass is 9.92. The van der Waals surface area contributed by atoms with Crippen molar-refractivity contribution in [1.82, 2.24) is 9.13 Å². The molecule has 2 aromatic heterocycles. The van der Waals surface area contributed by atoms with Crippen molar-refractivity contribution in [2.75, 3.05) is 0 Å². The van der Waals surface area contributed by atoms with Crippen molar-refractivity contribution in [1.29, 1.82) is 0 Å². The standard InChI is InChI=1S/C62H48N2/c1-37-15-7-9-17-47(37)51-27-23-43-33-57-53-19-11-13-21-59(53)63(61(57)35-55(43)41(51)5)45-25-29-49(39(3)31-45)50-30-26-46(32-40(50)4)64-60-22-14-12-20-54(60)58-34-44-24-28-52(42(6)56(44)36-62(58)64)48-18-10-8-16-38(48)2/h7-36H,1-6H3. The molecule has 306 valence electrons. The molecule has 64 heavy (non-hydrogen) atoms. The van der Waals surface area contributed by atoms with Crippen LogP contribution in [-0.4, -0.2) is 9.13 Å². The summed E-state index contributed by atoms with van der Waals surface area (Å²) in [4.78, 5) is 0. The number of para-hydroxylation sites is 2. The van der Waals surface area contributed by atoms with E-state index in [2.05, 4.69) is 233 Å². The summed E-state index contributed by atoms with van der Waals surface area (Å²) in [7, 11) is 0. The number of aromatic nitrogens is 2. The highest BCUT2D eigenvalue weighted by atomic mass is 15.0. The molecular formula is C62H48N2. The Labute approximate surface area is 374 Å². The highest BCUT2D eigenvalue weighted by Gasteiger charge is 2.19. The number of benzene rings is 10. The summed E-state index contributed by atoms with van der Waals surface area (Å²) in [5, 5.41) is 10.2. The second-order valence-corrected chi connectivity index (χ2v) is 18.0. The smallest absolute Gasteiger partial charge is 0.0547 e. The van der Waals surface area contributed by atoms with Gasteiger partial charge < -0.3 is 9.13 Å². The minimum absolute atomic E-state index is 1.17. The molecule has 0 N–H and O–H groups in total. The Hall–Kier alpha value is -7.68. The summed E-state index contributed by atoms with van der Waals surface area (Å²) in [6, 6.07) is 68.0. The average molecular weight is 821 g/mol. The molecule has 2 nitrogen and oxygen atoms in total. The van der Waals surface area contributed by atoms with Crippen LogP contribution in [0.2, 0.25) is 0 Å². The van der Waals surface area contributed by atoms with E-state index < -0.39 is 0 Å². The van der Waals surface area contributed by atoms with Gasteiger partial charge in [-0.3, -0.25) is 0 Å². The molecule has 0 radical (unpaired) electrons. The van der Waals surface area contributed by atoms with Crippen LogP contribution < -0.4 is 0 Å². The molecule has 12 rings (SSSR count). The molecule has 2 heterocycles. The number of nitrogens with zero attached hydrogens (tertiary/aromatic N) is 2. The van der Waals surface area contributed by atoms with Crippen molar-refractivity contribution in [3.8, 4) is 44.8 Å². The van der Waals surface area contributed by atoms with E-state index in [-0.39, 0.29) is 0 Å². The maximum atomic E-state index is 2.47. The molecular weight excluding hydrogens is 773 g/mol. The molecule has 0 fully saturated rings. The van der Waals surface area contributed by atoms with Crippen molar-refractivity contribution >= 4 is 65.2 Å². The van der Waals surface area contributed by atoms with Crippen LogP contribution in [0.1, 0.15) is 33.4 Å². The van der Waals surface area contributed by atoms with Gasteiger partial charge in [-0.15, -0.1) is 0 Å². The van der Waals surface area contributed by atoms with Gasteiger partial charge in [0, 0.05) is 32.9 Å². The Balaban J connectivity index is 0.971. The van der Waals surface area contributed by atoms with E-state index in [1.165, 1.54) is 143 Å². The summed E-state index contributed by atoms with van der Waals surface area (Å²) in [6.07, 6.45) is 0. The molecule has 10 aromatic carbocycles. The molecule has 0 amide bonds. The van der Waals surface area contributed by atoms with Gasteiger partial charge in [-0.25, -0.2) is 0 Å². The van der Waals surface area contributed by atoms with Crippen LogP contribution in [0.3, 0.4) is 0 Å². The first kappa shape index (κ1) is 38.0. The van der Waals surface area contributed by atoms with Gasteiger partial charge in [-0.2, -0.15) is 0 Å². The number of hydrogen-bond acceptors (Lipinski definition) is 0. The van der Waals surface area contributed by atoms with E-state index in [4.69, 9.17) is 0 Å². The van der Waals surface area contributed by atoms with Crippen molar-refractivity contribution in [2.45, 2.75) is 41.5 Å². The minimum Gasteiger partial charge on any atom is -0.309 e. The number of aryl methyl sites for hydroxylation is 6. The van der Waals surface area contributed by atoms with Crippen LogP contribution in [0.4, 0.5) is 0 Å². The maximum absolute atomic E-state index is 2.47. The zero-order chi connectivity index (χ0) is 43.4. The van der Waals surface area contributed by atoms with Crippen molar-refractivity contribution in [3.63, 3.8) is 0 Å². The Morgan fingerprint density at radius 2 is 0.625 bits per heavy atom. The van der Waals surface area contributed by atoms with Gasteiger partial charge >= 0.3 is 0 Å². The van der Waals surface area contributed by atoms with Gasteiger partial charge in [0.1, 0.15) is 0 Å². The predicted octanol–water partition coefficient (Wildman–Crippen LogP) is 17.0. The lowest BCUT2D eigenvalue weighted by Gasteiger charge is -2.16. The van der Waals surface area contributed by atoms with Gasteiger partial charge in [0.25, 0.3) is 0 Å². The molecule has 0 unspecified atom stereocenters. The molecule has 0 bridgehead atoms. The number of fused-ring (bicyclic) bond motifs is 8. The second kappa shape index (κ2) is 14.4. The Morgan fingerprint density at radius 1 is 0.250 bits per heavy atom. The first-order chi connectivity index (χ1) is 31.2. The molecule has 12 aromatic rings. The van der Waals surface area contributed by atoms with Crippen molar-refractivity contribution in [2.24, 2.45) is 0 Å². The van der Waals surface area contributed by atoms with Gasteiger partial charge in [0.05, 0.1) is 22.1 Å². The third-order valence-corrected chi connectivity index (χ3v) is 14.3. The Kier molecular flexibility index (Phi) is 8.58. The molecule has 0 spiro atoms. The molecule has 0 atom stereocenters. The van der Waals surface area contributed by atoms with E-state index in [9.17, 15) is 0 Å². The summed E-state index contributed by atoms with van der Waals surface area (Å²) < 4.78 is 4.93. The molecule has 0 saturated carbocycles. The lowest BCUT2D eigenvalue weighted by Crippen LogP contribution is -1.98. The van der Waals surface area contributed by atoms with E-state index >= 15 is 0 Å². The maximum Gasteiger partial charge on any atom is 0.0547 e. The van der Waals surface area contributed by atoms with Gasteiger partial charge in [0.15, 0.2) is 0 Å². The zero-order valence-electron chi connectivity index (χ0n) is 37.2. The minimum atomic E-state index is 1.17. The third kappa shape index (κ3) is 5.72. The number of hydrogen-bond donors (Lipinski definition) is 0.